The van der Waals surface area contributed by atoms with Crippen LogP contribution in [0.5, 0.6) is 0 Å². The average Bonchev–Trinajstić information content (AvgIpc) is 2.31. The molecule has 0 aliphatic heterocycles. The minimum absolute atomic E-state index is 0.0646. The van der Waals surface area contributed by atoms with E-state index in [2.05, 4.69) is 4.98 Å². The molecule has 0 fully saturated rings. The zero-order valence-corrected chi connectivity index (χ0v) is 11.5. The summed E-state index contributed by atoms with van der Waals surface area (Å²) < 4.78 is 4.92. The number of aryl methyl sites for hydroxylation is 1. The van der Waals surface area contributed by atoms with Gasteiger partial charge in [0, 0.05) is 5.39 Å². The first kappa shape index (κ1) is 13.1. The fraction of sp³-hybridized carbons (Fsp3) is 0.231. The quantitative estimate of drug-likeness (QED) is 0.617. The number of fused-ring (bicyclic) bond motifs is 1. The second-order valence-electron chi connectivity index (χ2n) is 3.83. The lowest BCUT2D eigenvalue weighted by molar-refractivity contribution is 0.0526. The Balaban J connectivity index is 2.70. The summed E-state index contributed by atoms with van der Waals surface area (Å²) in [6.07, 6.45) is 0. The maximum Gasteiger partial charge on any atom is 0.342 e. The molecule has 1 aromatic carbocycles. The fourth-order valence-corrected chi connectivity index (χ4v) is 2.32. The molecule has 2 rings (SSSR count). The number of rotatable bonds is 2. The van der Waals surface area contributed by atoms with E-state index in [1.54, 1.807) is 6.92 Å². The highest BCUT2D eigenvalue weighted by atomic mass is 35.5. The Morgan fingerprint density at radius 1 is 1.39 bits per heavy atom. The zero-order chi connectivity index (χ0) is 13.3. The smallest absolute Gasteiger partial charge is 0.342 e. The van der Waals surface area contributed by atoms with Gasteiger partial charge in [0.05, 0.1) is 17.1 Å². The summed E-state index contributed by atoms with van der Waals surface area (Å²) in [5, 5.41) is 1.05. The topological polar surface area (TPSA) is 39.2 Å². The molecule has 2 aromatic rings. The van der Waals surface area contributed by atoms with E-state index in [0.717, 1.165) is 5.56 Å². The van der Waals surface area contributed by atoms with Crippen molar-refractivity contribution in [1.29, 1.82) is 0 Å². The molecule has 3 nitrogen and oxygen atoms in total. The van der Waals surface area contributed by atoms with E-state index in [9.17, 15) is 4.79 Å². The van der Waals surface area contributed by atoms with Crippen LogP contribution < -0.4 is 0 Å². The largest absolute Gasteiger partial charge is 0.462 e. The summed E-state index contributed by atoms with van der Waals surface area (Å²) >= 11 is 12.2. The van der Waals surface area contributed by atoms with Crippen LogP contribution in [0.4, 0.5) is 0 Å². The van der Waals surface area contributed by atoms with Crippen molar-refractivity contribution in [1.82, 2.24) is 4.98 Å². The third kappa shape index (κ3) is 2.28. The van der Waals surface area contributed by atoms with Crippen molar-refractivity contribution < 1.29 is 9.53 Å². The van der Waals surface area contributed by atoms with Crippen molar-refractivity contribution in [2.45, 2.75) is 13.8 Å². The summed E-state index contributed by atoms with van der Waals surface area (Å²) in [5.74, 6) is -0.552. The molecule has 0 N–H and O–H groups in total. The van der Waals surface area contributed by atoms with E-state index in [4.69, 9.17) is 27.9 Å². The maximum absolute atomic E-state index is 11.8. The van der Waals surface area contributed by atoms with E-state index in [1.807, 2.05) is 25.1 Å². The summed E-state index contributed by atoms with van der Waals surface area (Å²) in [7, 11) is 0. The van der Waals surface area contributed by atoms with Gasteiger partial charge in [-0.1, -0.05) is 34.8 Å². The van der Waals surface area contributed by atoms with Crippen LogP contribution in [-0.2, 0) is 4.74 Å². The normalized spacial score (nSPS) is 10.7. The standard InChI is InChI=1S/C13H11Cl2NO2/c1-3-18-13(17)10-11(14)8-6-7(2)4-5-9(8)16-12(10)15/h4-6H,3H2,1-2H3. The fourth-order valence-electron chi connectivity index (χ4n) is 1.69. The molecule has 0 saturated carbocycles. The first-order valence-electron chi connectivity index (χ1n) is 5.47. The van der Waals surface area contributed by atoms with Crippen molar-refractivity contribution in [3.63, 3.8) is 0 Å². The lowest BCUT2D eigenvalue weighted by Crippen LogP contribution is -2.07. The number of aromatic nitrogens is 1. The molecule has 0 unspecified atom stereocenters. The van der Waals surface area contributed by atoms with Gasteiger partial charge in [-0.25, -0.2) is 9.78 Å². The molecule has 0 saturated heterocycles. The summed E-state index contributed by atoms with van der Waals surface area (Å²) in [4.78, 5) is 15.9. The molecule has 0 amide bonds. The Hall–Kier alpha value is -1.32. The number of benzene rings is 1. The molecule has 5 heteroatoms. The highest BCUT2D eigenvalue weighted by Crippen LogP contribution is 2.31. The van der Waals surface area contributed by atoms with Gasteiger partial charge in [0.25, 0.3) is 0 Å². The monoisotopic (exact) mass is 283 g/mol. The molecular formula is C13H11Cl2NO2. The molecule has 1 aromatic heterocycles. The van der Waals surface area contributed by atoms with Crippen molar-refractivity contribution in [2.24, 2.45) is 0 Å². The van der Waals surface area contributed by atoms with Gasteiger partial charge in [0.15, 0.2) is 0 Å². The molecule has 18 heavy (non-hydrogen) atoms. The molecule has 0 aliphatic carbocycles. The summed E-state index contributed by atoms with van der Waals surface area (Å²) in [5.41, 5.74) is 1.81. The SMILES string of the molecule is CCOC(=O)c1c(Cl)nc2ccc(C)cc2c1Cl. The lowest BCUT2D eigenvalue weighted by Gasteiger charge is -2.09. The predicted octanol–water partition coefficient (Wildman–Crippen LogP) is 4.03. The lowest BCUT2D eigenvalue weighted by atomic mass is 10.1. The van der Waals surface area contributed by atoms with Gasteiger partial charge in [0.1, 0.15) is 10.7 Å². The van der Waals surface area contributed by atoms with E-state index < -0.39 is 5.97 Å². The van der Waals surface area contributed by atoms with Crippen LogP contribution in [0.25, 0.3) is 10.9 Å². The van der Waals surface area contributed by atoms with Crippen LogP contribution in [0.1, 0.15) is 22.8 Å². The first-order valence-corrected chi connectivity index (χ1v) is 6.22. The van der Waals surface area contributed by atoms with Crippen molar-refractivity contribution in [2.75, 3.05) is 6.61 Å². The van der Waals surface area contributed by atoms with Gasteiger partial charge >= 0.3 is 5.97 Å². The average molecular weight is 284 g/mol. The Kier molecular flexibility index (Phi) is 3.73. The first-order chi connectivity index (χ1) is 8.54. The molecule has 0 radical (unpaired) electrons. The molecule has 0 atom stereocenters. The Morgan fingerprint density at radius 3 is 2.78 bits per heavy atom. The highest BCUT2D eigenvalue weighted by Gasteiger charge is 2.20. The van der Waals surface area contributed by atoms with Gasteiger partial charge in [-0.3, -0.25) is 0 Å². The van der Waals surface area contributed by atoms with Crippen molar-refractivity contribution >= 4 is 40.1 Å². The van der Waals surface area contributed by atoms with Crippen LogP contribution in [0.3, 0.4) is 0 Å². The molecular weight excluding hydrogens is 273 g/mol. The Labute approximate surface area is 115 Å². The number of carbonyl (C=O) groups is 1. The number of pyridine rings is 1. The van der Waals surface area contributed by atoms with Crippen LogP contribution in [0.2, 0.25) is 10.2 Å². The van der Waals surface area contributed by atoms with E-state index in [1.165, 1.54) is 0 Å². The highest BCUT2D eigenvalue weighted by molar-refractivity contribution is 6.42. The van der Waals surface area contributed by atoms with Gasteiger partial charge in [-0.15, -0.1) is 0 Å². The van der Waals surface area contributed by atoms with E-state index in [0.29, 0.717) is 10.9 Å². The minimum atomic E-state index is -0.552. The molecule has 1 heterocycles. The second kappa shape index (κ2) is 5.12. The second-order valence-corrected chi connectivity index (χ2v) is 4.57. The predicted molar refractivity (Wildman–Crippen MR) is 72.5 cm³/mol. The number of esters is 1. The molecule has 94 valence electrons. The Morgan fingerprint density at radius 2 is 2.11 bits per heavy atom. The van der Waals surface area contributed by atoms with Gasteiger partial charge in [-0.2, -0.15) is 0 Å². The minimum Gasteiger partial charge on any atom is -0.462 e. The van der Waals surface area contributed by atoms with Crippen LogP contribution in [0.15, 0.2) is 18.2 Å². The number of hydrogen-bond donors (Lipinski definition) is 0. The number of ether oxygens (including phenoxy) is 1. The number of hydrogen-bond acceptors (Lipinski definition) is 3. The summed E-state index contributed by atoms with van der Waals surface area (Å²) in [6, 6.07) is 5.59. The molecule has 0 aliphatic rings. The van der Waals surface area contributed by atoms with Crippen LogP contribution in [0, 0.1) is 6.92 Å². The number of halogens is 2. The third-order valence-electron chi connectivity index (χ3n) is 2.51. The van der Waals surface area contributed by atoms with Crippen LogP contribution >= 0.6 is 23.2 Å². The third-order valence-corrected chi connectivity index (χ3v) is 3.18. The zero-order valence-electron chi connectivity index (χ0n) is 9.96. The van der Waals surface area contributed by atoms with Gasteiger partial charge in [0.2, 0.25) is 0 Å². The van der Waals surface area contributed by atoms with Gasteiger partial charge in [-0.05, 0) is 26.0 Å². The number of nitrogens with zero attached hydrogens (tertiary/aromatic N) is 1. The van der Waals surface area contributed by atoms with E-state index in [-0.39, 0.29) is 22.3 Å². The molecule has 0 spiro atoms. The van der Waals surface area contributed by atoms with Crippen molar-refractivity contribution in [3.05, 3.63) is 39.5 Å². The Bertz CT molecular complexity index is 626. The van der Waals surface area contributed by atoms with E-state index >= 15 is 0 Å². The summed E-state index contributed by atoms with van der Waals surface area (Å²) in [6.45, 7) is 3.92. The van der Waals surface area contributed by atoms with Crippen molar-refractivity contribution in [3.8, 4) is 0 Å². The number of carbonyl (C=O) groups excluding carboxylic acids is 1. The molecule has 0 bridgehead atoms. The van der Waals surface area contributed by atoms with Crippen LogP contribution in [-0.4, -0.2) is 17.6 Å². The maximum atomic E-state index is 11.8. The van der Waals surface area contributed by atoms with Gasteiger partial charge < -0.3 is 4.74 Å².